The number of imidazole rings is 1. The fourth-order valence-corrected chi connectivity index (χ4v) is 4.96. The average molecular weight is 483 g/mol. The maximum atomic E-state index is 2.53. The molecule has 0 fully saturated rings. The Kier molecular flexibility index (Phi) is 8.58. The Morgan fingerprint density at radius 3 is 2.25 bits per heavy atom. The third-order valence-electron chi connectivity index (χ3n) is 7.12. The van der Waals surface area contributed by atoms with Gasteiger partial charge < -0.3 is 4.90 Å². The summed E-state index contributed by atoms with van der Waals surface area (Å²) >= 11 is 0. The predicted molar refractivity (Wildman–Crippen MR) is 153 cm³/mol. The highest BCUT2D eigenvalue weighted by Gasteiger charge is 2.29. The molecule has 4 nitrogen and oxygen atoms in total. The lowest BCUT2D eigenvalue weighted by molar-refractivity contribution is -0.680. The van der Waals surface area contributed by atoms with Gasteiger partial charge in [0.15, 0.2) is 17.2 Å². The molecule has 0 spiro atoms. The Balaban J connectivity index is 1.64. The highest BCUT2D eigenvalue weighted by Crippen LogP contribution is 2.23. The van der Waals surface area contributed by atoms with E-state index in [-0.39, 0.29) is 0 Å². The molecule has 0 saturated carbocycles. The molecule has 2 heterocycles. The van der Waals surface area contributed by atoms with Gasteiger partial charge in [-0.05, 0) is 48.2 Å². The third-order valence-corrected chi connectivity index (χ3v) is 7.12. The molecule has 0 unspecified atom stereocenters. The second-order valence-corrected chi connectivity index (χ2v) is 10.1. The molecule has 0 amide bonds. The number of aryl methyl sites for hydroxylation is 3. The summed E-state index contributed by atoms with van der Waals surface area (Å²) in [5, 5.41) is 0. The number of unbranched alkanes of at least 4 members (excludes halogenated alkanes) is 5. The number of hydrogen-bond acceptors (Lipinski definition) is 1. The fourth-order valence-electron chi connectivity index (χ4n) is 4.96. The minimum absolute atomic E-state index is 1.04. The van der Waals surface area contributed by atoms with Crippen molar-refractivity contribution in [3.63, 3.8) is 0 Å². The number of para-hydroxylation sites is 2. The molecule has 0 atom stereocenters. The fraction of sp³-hybridized carbons (Fsp3) is 0.375. The highest BCUT2D eigenvalue weighted by atomic mass is 15.2. The summed E-state index contributed by atoms with van der Waals surface area (Å²) in [6.07, 6.45) is 14.4. The van der Waals surface area contributed by atoms with Crippen LogP contribution < -0.4 is 14.0 Å². The Morgan fingerprint density at radius 2 is 1.50 bits per heavy atom. The number of hydrogen-bond donors (Lipinski definition) is 0. The van der Waals surface area contributed by atoms with Crippen LogP contribution in [0.2, 0.25) is 0 Å². The summed E-state index contributed by atoms with van der Waals surface area (Å²) in [4.78, 5) is 2.13. The molecule has 0 radical (unpaired) electrons. The van der Waals surface area contributed by atoms with Gasteiger partial charge in [-0.1, -0.05) is 69.0 Å². The number of rotatable bonds is 11. The van der Waals surface area contributed by atoms with Crippen LogP contribution in [-0.2, 0) is 20.6 Å². The van der Waals surface area contributed by atoms with Gasteiger partial charge in [-0.2, -0.15) is 4.57 Å². The van der Waals surface area contributed by atoms with Gasteiger partial charge in [-0.3, -0.25) is 0 Å². The smallest absolute Gasteiger partial charge is 0.355 e. The van der Waals surface area contributed by atoms with Gasteiger partial charge in [0, 0.05) is 31.9 Å². The zero-order chi connectivity index (χ0) is 25.5. The zero-order valence-corrected chi connectivity index (χ0v) is 22.7. The summed E-state index contributed by atoms with van der Waals surface area (Å²) in [6, 6.07) is 22.0. The first-order valence-corrected chi connectivity index (χ1v) is 13.4. The second kappa shape index (κ2) is 12.0. The molecule has 0 aliphatic rings. The van der Waals surface area contributed by atoms with E-state index < -0.39 is 0 Å². The molecule has 0 saturated heterocycles. The van der Waals surface area contributed by atoms with Gasteiger partial charge in [-0.15, -0.1) is 0 Å². The summed E-state index contributed by atoms with van der Waals surface area (Å²) in [7, 11) is 8.49. The molecule has 0 N–H and O–H groups in total. The van der Waals surface area contributed by atoms with Crippen molar-refractivity contribution in [3.05, 3.63) is 78.0 Å². The first kappa shape index (κ1) is 25.7. The molecule has 0 aliphatic carbocycles. The lowest BCUT2D eigenvalue weighted by Gasteiger charge is -2.11. The van der Waals surface area contributed by atoms with Crippen molar-refractivity contribution >= 4 is 28.9 Å². The standard InChI is InChI=1S/C32H42N4/c1-6-7-8-9-10-13-23-36-30-15-12-11-14-29(30)35(5)32(36)31-25-27(22-24-34(31)4)17-16-26-18-20-28(21-19-26)33(2)3/h11-12,14-22,24-25H,6-10,13,23H2,1-5H3/q+2. The molecule has 2 aromatic carbocycles. The van der Waals surface area contributed by atoms with Crippen LogP contribution in [0.15, 0.2) is 66.9 Å². The van der Waals surface area contributed by atoms with Crippen molar-refractivity contribution < 1.29 is 9.13 Å². The van der Waals surface area contributed by atoms with Gasteiger partial charge in [-0.25, -0.2) is 9.13 Å². The molecule has 4 rings (SSSR count). The van der Waals surface area contributed by atoms with Crippen LogP contribution in [-0.4, -0.2) is 18.7 Å². The van der Waals surface area contributed by atoms with Crippen molar-refractivity contribution in [2.24, 2.45) is 14.1 Å². The number of aromatic nitrogens is 3. The average Bonchev–Trinajstić information content (AvgIpc) is 3.17. The molecule has 4 heteroatoms. The third kappa shape index (κ3) is 5.87. The van der Waals surface area contributed by atoms with Crippen LogP contribution in [0.1, 0.15) is 56.6 Å². The number of anilines is 1. The van der Waals surface area contributed by atoms with E-state index in [4.69, 9.17) is 0 Å². The number of nitrogens with zero attached hydrogens (tertiary/aromatic N) is 4. The van der Waals surface area contributed by atoms with Crippen molar-refractivity contribution in [1.29, 1.82) is 0 Å². The first-order valence-electron chi connectivity index (χ1n) is 13.4. The monoisotopic (exact) mass is 482 g/mol. The SMILES string of the molecule is CCCCCCCCn1c(-c2cc(/C=C\c3ccc(N(C)C)cc3)cc[n+]2C)[n+](C)c2ccccc21. The van der Waals surface area contributed by atoms with Crippen LogP contribution in [0.4, 0.5) is 5.69 Å². The zero-order valence-electron chi connectivity index (χ0n) is 22.7. The van der Waals surface area contributed by atoms with Gasteiger partial charge in [0.1, 0.15) is 7.05 Å². The minimum atomic E-state index is 1.04. The molecule has 188 valence electrons. The molecular weight excluding hydrogens is 440 g/mol. The quantitative estimate of drug-likeness (QED) is 0.175. The van der Waals surface area contributed by atoms with E-state index in [2.05, 4.69) is 133 Å². The summed E-state index contributed by atoms with van der Waals surface area (Å²) in [6.45, 7) is 3.32. The van der Waals surface area contributed by atoms with Gasteiger partial charge in [0.2, 0.25) is 0 Å². The Morgan fingerprint density at radius 1 is 0.806 bits per heavy atom. The van der Waals surface area contributed by atoms with Crippen LogP contribution in [0, 0.1) is 0 Å². The maximum absolute atomic E-state index is 2.53. The van der Waals surface area contributed by atoms with E-state index in [1.165, 1.54) is 77.9 Å². The Bertz CT molecular complexity index is 1310. The lowest BCUT2D eigenvalue weighted by atomic mass is 10.1. The van der Waals surface area contributed by atoms with E-state index in [0.717, 1.165) is 6.54 Å². The van der Waals surface area contributed by atoms with E-state index in [1.807, 2.05) is 0 Å². The Labute approximate surface area is 217 Å². The van der Waals surface area contributed by atoms with Crippen LogP contribution in [0.25, 0.3) is 34.7 Å². The van der Waals surface area contributed by atoms with Gasteiger partial charge >= 0.3 is 5.82 Å². The number of fused-ring (bicyclic) bond motifs is 1. The van der Waals surface area contributed by atoms with Crippen molar-refractivity contribution in [1.82, 2.24) is 4.57 Å². The van der Waals surface area contributed by atoms with Crippen LogP contribution in [0.5, 0.6) is 0 Å². The summed E-state index contributed by atoms with van der Waals surface area (Å²) in [5.74, 6) is 1.26. The normalized spacial score (nSPS) is 11.6. The van der Waals surface area contributed by atoms with E-state index >= 15 is 0 Å². The summed E-state index contributed by atoms with van der Waals surface area (Å²) in [5.41, 5.74) is 7.44. The number of pyridine rings is 1. The largest absolute Gasteiger partial charge is 0.378 e. The molecule has 0 aliphatic heterocycles. The minimum Gasteiger partial charge on any atom is -0.378 e. The molecule has 36 heavy (non-hydrogen) atoms. The predicted octanol–water partition coefficient (Wildman–Crippen LogP) is 6.55. The summed E-state index contributed by atoms with van der Waals surface area (Å²) < 4.78 is 7.13. The van der Waals surface area contributed by atoms with Crippen molar-refractivity contribution in [3.8, 4) is 11.5 Å². The van der Waals surface area contributed by atoms with E-state index in [9.17, 15) is 0 Å². The number of benzene rings is 2. The lowest BCUT2D eigenvalue weighted by Crippen LogP contribution is -2.38. The first-order chi connectivity index (χ1) is 17.5. The van der Waals surface area contributed by atoms with Crippen LogP contribution in [0.3, 0.4) is 0 Å². The molecular formula is C32H42N4+2. The molecule has 4 aromatic rings. The highest BCUT2D eigenvalue weighted by molar-refractivity contribution is 5.76. The van der Waals surface area contributed by atoms with Crippen LogP contribution >= 0.6 is 0 Å². The maximum Gasteiger partial charge on any atom is 0.355 e. The molecule has 0 bridgehead atoms. The second-order valence-electron chi connectivity index (χ2n) is 10.1. The van der Waals surface area contributed by atoms with Crippen molar-refractivity contribution in [2.75, 3.05) is 19.0 Å². The molecule has 2 aromatic heterocycles. The van der Waals surface area contributed by atoms with Crippen molar-refractivity contribution in [2.45, 2.75) is 52.0 Å². The van der Waals surface area contributed by atoms with E-state index in [0.29, 0.717) is 0 Å². The van der Waals surface area contributed by atoms with Gasteiger partial charge in [0.25, 0.3) is 5.69 Å². The Hall–Kier alpha value is -3.40. The topological polar surface area (TPSA) is 15.9 Å². The van der Waals surface area contributed by atoms with E-state index in [1.54, 1.807) is 0 Å². The van der Waals surface area contributed by atoms with Gasteiger partial charge in [0.05, 0.1) is 13.6 Å².